The number of sulfonamides is 1. The zero-order valence-corrected chi connectivity index (χ0v) is 16.8. The van der Waals surface area contributed by atoms with Crippen molar-refractivity contribution in [3.8, 4) is 0 Å². The van der Waals surface area contributed by atoms with Crippen LogP contribution in [0.4, 0.5) is 4.79 Å². The van der Waals surface area contributed by atoms with Crippen LogP contribution in [0.2, 0.25) is 0 Å². The minimum Gasteiger partial charge on any atom is -0.455 e. The lowest BCUT2D eigenvalue weighted by atomic mass is 10.2. The molecule has 0 heterocycles. The summed E-state index contributed by atoms with van der Waals surface area (Å²) in [5, 5.41) is 4.75. The fraction of sp³-hybridized carbons (Fsp3) is 0.500. The molecule has 1 aromatic rings. The van der Waals surface area contributed by atoms with Gasteiger partial charge in [-0.1, -0.05) is 30.5 Å². The maximum Gasteiger partial charge on any atom is 0.321 e. The fourth-order valence-corrected chi connectivity index (χ4v) is 3.92. The molecule has 28 heavy (non-hydrogen) atoms. The van der Waals surface area contributed by atoms with Crippen LogP contribution in [-0.4, -0.2) is 56.9 Å². The molecule has 3 amide bonds. The van der Waals surface area contributed by atoms with Crippen molar-refractivity contribution < 1.29 is 27.5 Å². The lowest BCUT2D eigenvalue weighted by molar-refractivity contribution is -0.148. The second-order valence-electron chi connectivity index (χ2n) is 6.74. The van der Waals surface area contributed by atoms with Gasteiger partial charge in [0.1, 0.15) is 6.54 Å². The summed E-state index contributed by atoms with van der Waals surface area (Å²) in [6, 6.07) is 5.62. The van der Waals surface area contributed by atoms with Crippen molar-refractivity contribution in [2.24, 2.45) is 0 Å². The molecular weight excluding hydrogens is 386 g/mol. The van der Waals surface area contributed by atoms with Crippen LogP contribution in [0.25, 0.3) is 0 Å². The maximum atomic E-state index is 12.4. The van der Waals surface area contributed by atoms with Crippen LogP contribution < -0.4 is 10.6 Å². The molecule has 0 atom stereocenters. The van der Waals surface area contributed by atoms with E-state index >= 15 is 0 Å². The van der Waals surface area contributed by atoms with Gasteiger partial charge in [-0.2, -0.15) is 4.31 Å². The summed E-state index contributed by atoms with van der Waals surface area (Å²) >= 11 is 0. The van der Waals surface area contributed by atoms with Gasteiger partial charge in [-0.3, -0.25) is 14.9 Å². The lowest BCUT2D eigenvalue weighted by Gasteiger charge is -2.16. The molecular formula is C18H25N3O6S. The number of rotatable bonds is 7. The van der Waals surface area contributed by atoms with E-state index in [-0.39, 0.29) is 10.9 Å². The first-order chi connectivity index (χ1) is 13.2. The minimum absolute atomic E-state index is 0.0507. The SMILES string of the molecule is Cc1ccc(S(=O)(=O)N(C)CC(=O)OCC(=O)NC(=O)NC2CCCC2)cc1. The number of nitrogens with zero attached hydrogens (tertiary/aromatic N) is 1. The molecule has 9 nitrogen and oxygen atoms in total. The van der Waals surface area contributed by atoms with Gasteiger partial charge in [0.2, 0.25) is 10.0 Å². The maximum absolute atomic E-state index is 12.4. The summed E-state index contributed by atoms with van der Waals surface area (Å²) in [4.78, 5) is 35.3. The predicted octanol–water partition coefficient (Wildman–Crippen LogP) is 0.927. The van der Waals surface area contributed by atoms with Crippen LogP contribution in [-0.2, 0) is 24.3 Å². The number of ether oxygens (including phenoxy) is 1. The number of imide groups is 1. The predicted molar refractivity (Wildman–Crippen MR) is 101 cm³/mol. The van der Waals surface area contributed by atoms with Crippen molar-refractivity contribution in [3.63, 3.8) is 0 Å². The second-order valence-corrected chi connectivity index (χ2v) is 8.78. The van der Waals surface area contributed by atoms with E-state index in [1.807, 2.05) is 6.92 Å². The standard InChI is InChI=1S/C18H25N3O6S/c1-13-7-9-15(10-8-13)28(25,26)21(2)11-17(23)27-12-16(22)20-18(24)19-14-5-3-4-6-14/h7-10,14H,3-6,11-12H2,1-2H3,(H2,19,20,22,24). The molecule has 2 rings (SSSR count). The van der Waals surface area contributed by atoms with Crippen LogP contribution >= 0.6 is 0 Å². The Labute approximate surface area is 164 Å². The van der Waals surface area contributed by atoms with Crippen LogP contribution in [0.3, 0.4) is 0 Å². The quantitative estimate of drug-likeness (QED) is 0.644. The van der Waals surface area contributed by atoms with E-state index in [1.165, 1.54) is 19.2 Å². The van der Waals surface area contributed by atoms with Gasteiger partial charge in [0, 0.05) is 13.1 Å². The number of aryl methyl sites for hydroxylation is 1. The van der Waals surface area contributed by atoms with Gasteiger partial charge < -0.3 is 10.1 Å². The number of likely N-dealkylation sites (N-methyl/N-ethyl adjacent to an activating group) is 1. The van der Waals surface area contributed by atoms with Crippen molar-refractivity contribution >= 4 is 27.9 Å². The summed E-state index contributed by atoms with van der Waals surface area (Å²) in [6.07, 6.45) is 3.82. The van der Waals surface area contributed by atoms with Gasteiger partial charge in [0.25, 0.3) is 5.91 Å². The Hall–Kier alpha value is -2.46. The third kappa shape index (κ3) is 6.31. The number of benzene rings is 1. The fourth-order valence-electron chi connectivity index (χ4n) is 2.80. The third-order valence-electron chi connectivity index (χ3n) is 4.39. The molecule has 0 bridgehead atoms. The highest BCUT2D eigenvalue weighted by molar-refractivity contribution is 7.89. The monoisotopic (exact) mass is 411 g/mol. The smallest absolute Gasteiger partial charge is 0.321 e. The molecule has 1 fully saturated rings. The average Bonchev–Trinajstić information content (AvgIpc) is 3.13. The summed E-state index contributed by atoms with van der Waals surface area (Å²) < 4.78 is 30.4. The van der Waals surface area contributed by atoms with Crippen LogP contribution in [0.5, 0.6) is 0 Å². The van der Waals surface area contributed by atoms with Crippen molar-refractivity contribution in [2.75, 3.05) is 20.2 Å². The summed E-state index contributed by atoms with van der Waals surface area (Å²) in [5.74, 6) is -1.68. The molecule has 0 spiro atoms. The molecule has 0 aromatic heterocycles. The Bertz CT molecular complexity index is 816. The van der Waals surface area contributed by atoms with Gasteiger partial charge in [-0.15, -0.1) is 0 Å². The van der Waals surface area contributed by atoms with Gasteiger partial charge >= 0.3 is 12.0 Å². The molecule has 0 saturated heterocycles. The van der Waals surface area contributed by atoms with E-state index in [0.29, 0.717) is 0 Å². The van der Waals surface area contributed by atoms with Gasteiger partial charge in [-0.05, 0) is 31.9 Å². The van der Waals surface area contributed by atoms with E-state index in [2.05, 4.69) is 10.6 Å². The number of carbonyl (C=O) groups is 3. The zero-order chi connectivity index (χ0) is 20.7. The van der Waals surface area contributed by atoms with Crippen LogP contribution in [0.1, 0.15) is 31.2 Å². The second kappa shape index (κ2) is 9.65. The van der Waals surface area contributed by atoms with Crippen LogP contribution in [0.15, 0.2) is 29.2 Å². The minimum atomic E-state index is -3.85. The number of hydrogen-bond donors (Lipinski definition) is 2. The number of carbonyl (C=O) groups excluding carboxylic acids is 3. The number of nitrogens with one attached hydrogen (secondary N) is 2. The molecule has 0 unspecified atom stereocenters. The molecule has 0 aliphatic heterocycles. The first-order valence-corrected chi connectivity index (χ1v) is 10.4. The molecule has 154 valence electrons. The molecule has 10 heteroatoms. The molecule has 1 aromatic carbocycles. The Morgan fingerprint density at radius 3 is 2.36 bits per heavy atom. The molecule has 1 aliphatic rings. The van der Waals surface area contributed by atoms with Crippen molar-refractivity contribution in [2.45, 2.75) is 43.5 Å². The lowest BCUT2D eigenvalue weighted by Crippen LogP contribution is -2.45. The van der Waals surface area contributed by atoms with E-state index in [0.717, 1.165) is 35.6 Å². The van der Waals surface area contributed by atoms with Gasteiger partial charge in [-0.25, -0.2) is 13.2 Å². The number of hydrogen-bond acceptors (Lipinski definition) is 6. The summed E-state index contributed by atoms with van der Waals surface area (Å²) in [5.41, 5.74) is 0.906. The molecule has 2 N–H and O–H groups in total. The van der Waals surface area contributed by atoms with E-state index in [1.54, 1.807) is 12.1 Å². The van der Waals surface area contributed by atoms with E-state index in [9.17, 15) is 22.8 Å². The van der Waals surface area contributed by atoms with Crippen molar-refractivity contribution in [1.29, 1.82) is 0 Å². The highest BCUT2D eigenvalue weighted by Crippen LogP contribution is 2.17. The van der Waals surface area contributed by atoms with E-state index in [4.69, 9.17) is 4.74 Å². The first-order valence-electron chi connectivity index (χ1n) is 8.97. The number of urea groups is 1. The highest BCUT2D eigenvalue weighted by atomic mass is 32.2. The summed E-state index contributed by atoms with van der Waals surface area (Å²) in [6.45, 7) is 0.601. The van der Waals surface area contributed by atoms with Crippen molar-refractivity contribution in [1.82, 2.24) is 14.9 Å². The number of amides is 3. The average molecular weight is 411 g/mol. The Morgan fingerprint density at radius 1 is 1.14 bits per heavy atom. The number of esters is 1. The third-order valence-corrected chi connectivity index (χ3v) is 6.21. The van der Waals surface area contributed by atoms with Gasteiger partial charge in [0.05, 0.1) is 4.90 Å². The topological polar surface area (TPSA) is 122 Å². The van der Waals surface area contributed by atoms with E-state index < -0.39 is 41.1 Å². The Kier molecular flexibility index (Phi) is 7.53. The summed E-state index contributed by atoms with van der Waals surface area (Å²) in [7, 11) is -2.61. The Morgan fingerprint density at radius 2 is 1.75 bits per heavy atom. The normalized spacial score (nSPS) is 14.7. The highest BCUT2D eigenvalue weighted by Gasteiger charge is 2.24. The largest absolute Gasteiger partial charge is 0.455 e. The molecule has 0 radical (unpaired) electrons. The van der Waals surface area contributed by atoms with Crippen LogP contribution in [0, 0.1) is 6.92 Å². The zero-order valence-electron chi connectivity index (χ0n) is 15.9. The molecule has 1 aliphatic carbocycles. The Balaban J connectivity index is 1.77. The molecule has 1 saturated carbocycles. The first kappa shape index (κ1) is 21.8. The van der Waals surface area contributed by atoms with Crippen molar-refractivity contribution in [3.05, 3.63) is 29.8 Å². The van der Waals surface area contributed by atoms with Gasteiger partial charge in [0.15, 0.2) is 6.61 Å².